The highest BCUT2D eigenvalue weighted by molar-refractivity contribution is 5.92. The second kappa shape index (κ2) is 6.70. The maximum Gasteiger partial charge on any atom is 0.226 e. The molecular weight excluding hydrogens is 271 g/mol. The zero-order chi connectivity index (χ0) is 15.4. The van der Waals surface area contributed by atoms with Crippen molar-refractivity contribution in [3.63, 3.8) is 0 Å². The average Bonchev–Trinajstić information content (AvgIpc) is 3.28. The lowest BCUT2D eigenvalue weighted by atomic mass is 10.2. The molecule has 114 valence electrons. The molecule has 0 saturated heterocycles. The Morgan fingerprint density at radius 2 is 1.81 bits per heavy atom. The summed E-state index contributed by atoms with van der Waals surface area (Å²) in [5.74, 6) is -0.694. The molecule has 2 rings (SSSR count). The number of carbonyl (C=O) groups excluding carboxylic acids is 2. The first-order chi connectivity index (χ1) is 10.1. The Hall–Kier alpha value is -1.91. The lowest BCUT2D eigenvalue weighted by molar-refractivity contribution is -0.134. The Morgan fingerprint density at radius 1 is 1.19 bits per heavy atom. The van der Waals surface area contributed by atoms with Crippen molar-refractivity contribution in [1.29, 1.82) is 0 Å². The van der Waals surface area contributed by atoms with Gasteiger partial charge >= 0.3 is 0 Å². The maximum absolute atomic E-state index is 12.8. The van der Waals surface area contributed by atoms with E-state index in [1.165, 1.54) is 12.1 Å². The summed E-state index contributed by atoms with van der Waals surface area (Å²) in [5.41, 5.74) is 0.844. The molecule has 0 bridgehead atoms. The van der Waals surface area contributed by atoms with Crippen molar-refractivity contribution in [3.05, 3.63) is 35.6 Å². The van der Waals surface area contributed by atoms with Crippen LogP contribution in [-0.2, 0) is 16.1 Å². The third-order valence-electron chi connectivity index (χ3n) is 3.90. The van der Waals surface area contributed by atoms with Gasteiger partial charge in [0, 0.05) is 19.6 Å². The molecule has 1 saturated carbocycles. The minimum Gasteiger partial charge on any atom is -0.352 e. The van der Waals surface area contributed by atoms with Crippen LogP contribution in [0.1, 0.15) is 25.8 Å². The highest BCUT2D eigenvalue weighted by Crippen LogP contribution is 2.40. The summed E-state index contributed by atoms with van der Waals surface area (Å²) in [4.78, 5) is 25.9. The van der Waals surface area contributed by atoms with Gasteiger partial charge in [0.1, 0.15) is 5.82 Å². The zero-order valence-electron chi connectivity index (χ0n) is 12.4. The molecule has 1 aliphatic carbocycles. The lowest BCUT2D eigenvalue weighted by Crippen LogP contribution is -2.34. The summed E-state index contributed by atoms with van der Waals surface area (Å²) in [6.45, 7) is 5.59. The quantitative estimate of drug-likeness (QED) is 0.871. The van der Waals surface area contributed by atoms with Crippen molar-refractivity contribution in [2.24, 2.45) is 11.8 Å². The molecule has 0 aromatic heterocycles. The van der Waals surface area contributed by atoms with Gasteiger partial charge in [-0.05, 0) is 38.0 Å². The number of benzene rings is 1. The molecule has 1 aliphatic rings. The topological polar surface area (TPSA) is 49.4 Å². The first-order valence-electron chi connectivity index (χ1n) is 7.37. The predicted octanol–water partition coefficient (Wildman–Crippen LogP) is 1.95. The van der Waals surface area contributed by atoms with Crippen molar-refractivity contribution in [2.75, 3.05) is 13.1 Å². The summed E-state index contributed by atoms with van der Waals surface area (Å²) in [7, 11) is 0. The van der Waals surface area contributed by atoms with E-state index in [1.54, 1.807) is 17.0 Å². The van der Waals surface area contributed by atoms with E-state index in [0.717, 1.165) is 5.56 Å². The monoisotopic (exact) mass is 292 g/mol. The minimum absolute atomic E-state index is 0.0712. The van der Waals surface area contributed by atoms with Crippen LogP contribution in [0.2, 0.25) is 0 Å². The number of hydrogen-bond donors (Lipinski definition) is 1. The minimum atomic E-state index is -0.294. The molecule has 1 N–H and O–H groups in total. The third-order valence-corrected chi connectivity index (χ3v) is 3.90. The van der Waals surface area contributed by atoms with Gasteiger partial charge in [0.2, 0.25) is 11.8 Å². The molecule has 5 heteroatoms. The molecule has 1 aromatic carbocycles. The van der Waals surface area contributed by atoms with Gasteiger partial charge in [0.25, 0.3) is 0 Å². The first-order valence-corrected chi connectivity index (χ1v) is 7.37. The maximum atomic E-state index is 12.8. The summed E-state index contributed by atoms with van der Waals surface area (Å²) in [6.07, 6.45) is 0.630. The SMILES string of the molecule is CCN(CC)C(=O)C1CC1C(=O)NCc1ccc(F)cc1. The van der Waals surface area contributed by atoms with Gasteiger partial charge in [-0.3, -0.25) is 9.59 Å². The fourth-order valence-corrected chi connectivity index (χ4v) is 2.45. The van der Waals surface area contributed by atoms with E-state index in [1.807, 2.05) is 13.8 Å². The Morgan fingerprint density at radius 3 is 2.38 bits per heavy atom. The number of nitrogens with zero attached hydrogens (tertiary/aromatic N) is 1. The van der Waals surface area contributed by atoms with Crippen LogP contribution < -0.4 is 5.32 Å². The smallest absolute Gasteiger partial charge is 0.226 e. The van der Waals surface area contributed by atoms with Gasteiger partial charge in [-0.1, -0.05) is 12.1 Å². The molecule has 0 radical (unpaired) electrons. The van der Waals surface area contributed by atoms with Crippen LogP contribution in [-0.4, -0.2) is 29.8 Å². The lowest BCUT2D eigenvalue weighted by Gasteiger charge is -2.18. The van der Waals surface area contributed by atoms with Gasteiger partial charge in [-0.2, -0.15) is 0 Å². The van der Waals surface area contributed by atoms with Gasteiger partial charge in [-0.25, -0.2) is 4.39 Å². The highest BCUT2D eigenvalue weighted by atomic mass is 19.1. The largest absolute Gasteiger partial charge is 0.352 e. The van der Waals surface area contributed by atoms with E-state index in [4.69, 9.17) is 0 Å². The molecule has 2 amide bonds. The summed E-state index contributed by atoms with van der Waals surface area (Å²) < 4.78 is 12.8. The van der Waals surface area contributed by atoms with Crippen LogP contribution in [0, 0.1) is 17.7 Å². The van der Waals surface area contributed by atoms with Crippen molar-refractivity contribution in [2.45, 2.75) is 26.8 Å². The van der Waals surface area contributed by atoms with Crippen LogP contribution in [0.4, 0.5) is 4.39 Å². The van der Waals surface area contributed by atoms with Crippen LogP contribution in [0.15, 0.2) is 24.3 Å². The molecule has 1 aromatic rings. The standard InChI is InChI=1S/C16H21FN2O2/c1-3-19(4-2)16(21)14-9-13(14)15(20)18-10-11-5-7-12(17)8-6-11/h5-8,13-14H,3-4,9-10H2,1-2H3,(H,18,20). The van der Waals surface area contributed by atoms with Crippen LogP contribution in [0.25, 0.3) is 0 Å². The average molecular weight is 292 g/mol. The van der Waals surface area contributed by atoms with Gasteiger partial charge in [0.15, 0.2) is 0 Å². The van der Waals surface area contributed by atoms with Crippen molar-refractivity contribution >= 4 is 11.8 Å². The van der Waals surface area contributed by atoms with Gasteiger partial charge < -0.3 is 10.2 Å². The molecule has 0 spiro atoms. The second-order valence-corrected chi connectivity index (χ2v) is 5.30. The van der Waals surface area contributed by atoms with Crippen LogP contribution in [0.5, 0.6) is 0 Å². The normalized spacial score (nSPS) is 20.0. The van der Waals surface area contributed by atoms with E-state index < -0.39 is 0 Å². The van der Waals surface area contributed by atoms with E-state index >= 15 is 0 Å². The molecule has 0 heterocycles. The number of rotatable bonds is 6. The van der Waals surface area contributed by atoms with Crippen molar-refractivity contribution in [1.82, 2.24) is 10.2 Å². The third kappa shape index (κ3) is 3.80. The number of hydrogen-bond acceptors (Lipinski definition) is 2. The van der Waals surface area contributed by atoms with Crippen LogP contribution >= 0.6 is 0 Å². The van der Waals surface area contributed by atoms with E-state index in [9.17, 15) is 14.0 Å². The molecule has 4 nitrogen and oxygen atoms in total. The Balaban J connectivity index is 1.80. The number of halogens is 1. The number of nitrogens with one attached hydrogen (secondary N) is 1. The van der Waals surface area contributed by atoms with E-state index in [0.29, 0.717) is 26.1 Å². The number of carbonyl (C=O) groups is 2. The summed E-state index contributed by atoms with van der Waals surface area (Å²) >= 11 is 0. The summed E-state index contributed by atoms with van der Waals surface area (Å²) in [6, 6.07) is 6.01. The first kappa shape index (κ1) is 15.5. The Labute approximate surface area is 124 Å². The Kier molecular flexibility index (Phi) is 4.94. The van der Waals surface area contributed by atoms with E-state index in [-0.39, 0.29) is 29.5 Å². The highest BCUT2D eigenvalue weighted by Gasteiger charge is 2.48. The van der Waals surface area contributed by atoms with Crippen LogP contribution in [0.3, 0.4) is 0 Å². The molecule has 1 fully saturated rings. The Bertz CT molecular complexity index is 512. The van der Waals surface area contributed by atoms with Crippen molar-refractivity contribution < 1.29 is 14.0 Å². The van der Waals surface area contributed by atoms with E-state index in [2.05, 4.69) is 5.32 Å². The molecular formula is C16H21FN2O2. The van der Waals surface area contributed by atoms with Crippen molar-refractivity contribution in [3.8, 4) is 0 Å². The fourth-order valence-electron chi connectivity index (χ4n) is 2.45. The van der Waals surface area contributed by atoms with Gasteiger partial charge in [-0.15, -0.1) is 0 Å². The molecule has 2 atom stereocenters. The fraction of sp³-hybridized carbons (Fsp3) is 0.500. The predicted molar refractivity (Wildman–Crippen MR) is 77.8 cm³/mol. The molecule has 0 aliphatic heterocycles. The zero-order valence-corrected chi connectivity index (χ0v) is 12.4. The van der Waals surface area contributed by atoms with Gasteiger partial charge in [0.05, 0.1) is 11.8 Å². The number of amides is 2. The summed E-state index contributed by atoms with van der Waals surface area (Å²) in [5, 5.41) is 2.81. The molecule has 21 heavy (non-hydrogen) atoms. The molecule has 2 unspecified atom stereocenters. The second-order valence-electron chi connectivity index (χ2n) is 5.30.